The minimum atomic E-state index is -0.695. The monoisotopic (exact) mass is 320 g/mol. The third-order valence-electron chi connectivity index (χ3n) is 2.81. The molecular formula is C11H13BrO2S2. The number of aliphatic carboxylic acids is 1. The lowest BCUT2D eigenvalue weighted by Crippen LogP contribution is -2.28. The van der Waals surface area contributed by atoms with Crippen molar-refractivity contribution in [2.75, 3.05) is 5.75 Å². The molecule has 0 aromatic carbocycles. The van der Waals surface area contributed by atoms with Gasteiger partial charge in [-0.3, -0.25) is 4.79 Å². The summed E-state index contributed by atoms with van der Waals surface area (Å²) in [5, 5.41) is 9.08. The highest BCUT2D eigenvalue weighted by Crippen LogP contribution is 2.50. The summed E-state index contributed by atoms with van der Waals surface area (Å²) in [4.78, 5) is 12.2. The van der Waals surface area contributed by atoms with Crippen molar-refractivity contribution in [3.63, 3.8) is 0 Å². The van der Waals surface area contributed by atoms with Gasteiger partial charge in [0, 0.05) is 4.88 Å². The molecule has 1 fully saturated rings. The van der Waals surface area contributed by atoms with Crippen molar-refractivity contribution in [1.82, 2.24) is 0 Å². The van der Waals surface area contributed by atoms with E-state index in [2.05, 4.69) is 22.0 Å². The van der Waals surface area contributed by atoms with Crippen molar-refractivity contribution in [2.24, 2.45) is 0 Å². The molecule has 2 rings (SSSR count). The van der Waals surface area contributed by atoms with E-state index in [0.29, 0.717) is 0 Å². The molecule has 1 saturated heterocycles. The first-order chi connectivity index (χ1) is 7.62. The maximum atomic E-state index is 11.0. The summed E-state index contributed by atoms with van der Waals surface area (Å²) in [7, 11) is 0. The normalized spacial score (nSPS) is 25.6. The van der Waals surface area contributed by atoms with Crippen LogP contribution in [0, 0.1) is 0 Å². The van der Waals surface area contributed by atoms with Gasteiger partial charge in [0.2, 0.25) is 0 Å². The Balaban J connectivity index is 2.29. The lowest BCUT2D eigenvalue weighted by molar-refractivity contribution is -0.137. The van der Waals surface area contributed by atoms with Gasteiger partial charge in [0.25, 0.3) is 0 Å². The molecule has 0 unspecified atom stereocenters. The molecular weight excluding hydrogens is 308 g/mol. The number of rotatable bonds is 3. The van der Waals surface area contributed by atoms with E-state index < -0.39 is 5.97 Å². The highest BCUT2D eigenvalue weighted by atomic mass is 79.9. The van der Waals surface area contributed by atoms with Crippen molar-refractivity contribution >= 4 is 45.0 Å². The first kappa shape index (κ1) is 12.5. The lowest BCUT2D eigenvalue weighted by atomic mass is 9.95. The number of carbonyl (C=O) groups is 1. The van der Waals surface area contributed by atoms with Crippen LogP contribution in [0.4, 0.5) is 0 Å². The summed E-state index contributed by atoms with van der Waals surface area (Å²) >= 11 is 6.93. The average molecular weight is 321 g/mol. The second-order valence-electron chi connectivity index (χ2n) is 3.97. The highest BCUT2D eigenvalue weighted by molar-refractivity contribution is 9.11. The molecule has 0 saturated carbocycles. The molecule has 0 spiro atoms. The van der Waals surface area contributed by atoms with E-state index in [0.717, 1.165) is 22.4 Å². The van der Waals surface area contributed by atoms with E-state index in [4.69, 9.17) is 5.11 Å². The van der Waals surface area contributed by atoms with Gasteiger partial charge in [0.1, 0.15) is 0 Å². The molecule has 1 aromatic heterocycles. The molecule has 0 aliphatic carbocycles. The molecule has 0 radical (unpaired) electrons. The maximum absolute atomic E-state index is 11.0. The topological polar surface area (TPSA) is 37.3 Å². The third-order valence-corrected chi connectivity index (χ3v) is 6.38. The Kier molecular flexibility index (Phi) is 3.97. The SMILES string of the molecule is O=C(O)C[C@]1(c2ccc(Br)s2)CCCCS1. The summed E-state index contributed by atoms with van der Waals surface area (Å²) < 4.78 is 0.902. The summed E-state index contributed by atoms with van der Waals surface area (Å²) in [6, 6.07) is 4.08. The molecule has 1 N–H and O–H groups in total. The summed E-state index contributed by atoms with van der Waals surface area (Å²) in [5.41, 5.74) is 0. The Morgan fingerprint density at radius 1 is 1.50 bits per heavy atom. The van der Waals surface area contributed by atoms with E-state index in [-0.39, 0.29) is 11.2 Å². The first-order valence-electron chi connectivity index (χ1n) is 5.24. The third kappa shape index (κ3) is 2.63. The largest absolute Gasteiger partial charge is 0.481 e. The molecule has 88 valence electrons. The fourth-order valence-electron chi connectivity index (χ4n) is 2.08. The van der Waals surface area contributed by atoms with Gasteiger partial charge in [-0.05, 0) is 46.7 Å². The van der Waals surface area contributed by atoms with Crippen LogP contribution in [0.3, 0.4) is 0 Å². The van der Waals surface area contributed by atoms with Gasteiger partial charge in [0.15, 0.2) is 0 Å². The highest BCUT2D eigenvalue weighted by Gasteiger charge is 2.38. The zero-order chi connectivity index (χ0) is 11.6. The Morgan fingerprint density at radius 3 is 2.81 bits per heavy atom. The molecule has 5 heteroatoms. The number of halogens is 1. The number of carboxylic acids is 1. The molecule has 1 aliphatic heterocycles. The van der Waals surface area contributed by atoms with Crippen LogP contribution in [-0.4, -0.2) is 16.8 Å². The fraction of sp³-hybridized carbons (Fsp3) is 0.545. The predicted molar refractivity (Wildman–Crippen MR) is 72.3 cm³/mol. The van der Waals surface area contributed by atoms with Gasteiger partial charge >= 0.3 is 5.97 Å². The van der Waals surface area contributed by atoms with E-state index in [1.54, 1.807) is 11.3 Å². The standard InChI is InChI=1S/C11H13BrO2S2/c12-9-4-3-8(16-9)11(7-10(13)14)5-1-2-6-15-11/h3-4H,1-2,5-7H2,(H,13,14)/t11-/m0/s1. The fourth-order valence-corrected chi connectivity index (χ4v) is 5.34. The van der Waals surface area contributed by atoms with Crippen molar-refractivity contribution in [1.29, 1.82) is 0 Å². The van der Waals surface area contributed by atoms with Gasteiger partial charge in [-0.25, -0.2) is 0 Å². The van der Waals surface area contributed by atoms with Crippen molar-refractivity contribution < 1.29 is 9.90 Å². The zero-order valence-electron chi connectivity index (χ0n) is 8.74. The second-order valence-corrected chi connectivity index (χ2v) is 7.92. The number of hydrogen-bond donors (Lipinski definition) is 1. The van der Waals surface area contributed by atoms with Crippen molar-refractivity contribution in [3.8, 4) is 0 Å². The van der Waals surface area contributed by atoms with Crippen molar-refractivity contribution in [2.45, 2.75) is 30.4 Å². The van der Waals surface area contributed by atoms with Gasteiger partial charge in [-0.1, -0.05) is 6.42 Å². The lowest BCUT2D eigenvalue weighted by Gasteiger charge is -2.34. The molecule has 2 nitrogen and oxygen atoms in total. The predicted octanol–water partition coefficient (Wildman–Crippen LogP) is 4.10. The summed E-state index contributed by atoms with van der Waals surface area (Å²) in [5.74, 6) is 0.377. The van der Waals surface area contributed by atoms with Gasteiger partial charge in [-0.15, -0.1) is 23.1 Å². The van der Waals surface area contributed by atoms with Gasteiger partial charge in [0.05, 0.1) is 15.0 Å². The zero-order valence-corrected chi connectivity index (χ0v) is 12.0. The van der Waals surface area contributed by atoms with Crippen molar-refractivity contribution in [3.05, 3.63) is 20.8 Å². The van der Waals surface area contributed by atoms with Crippen LogP contribution in [0.5, 0.6) is 0 Å². The van der Waals surface area contributed by atoms with E-state index >= 15 is 0 Å². The molecule has 0 bridgehead atoms. The maximum Gasteiger partial charge on any atom is 0.305 e. The molecule has 16 heavy (non-hydrogen) atoms. The number of thioether (sulfide) groups is 1. The van der Waals surface area contributed by atoms with Crippen LogP contribution in [0.15, 0.2) is 15.9 Å². The van der Waals surface area contributed by atoms with Crippen LogP contribution >= 0.6 is 39.0 Å². The summed E-state index contributed by atoms with van der Waals surface area (Å²) in [6.45, 7) is 0. The smallest absolute Gasteiger partial charge is 0.305 e. The number of carboxylic acid groups (broad SMARTS) is 1. The van der Waals surface area contributed by atoms with Crippen LogP contribution in [0.1, 0.15) is 30.6 Å². The van der Waals surface area contributed by atoms with Crippen LogP contribution in [0.2, 0.25) is 0 Å². The Morgan fingerprint density at radius 2 is 2.31 bits per heavy atom. The van der Waals surface area contributed by atoms with Gasteiger partial charge in [-0.2, -0.15) is 0 Å². The van der Waals surface area contributed by atoms with Crippen LogP contribution in [0.25, 0.3) is 0 Å². The molecule has 2 heterocycles. The number of hydrogen-bond acceptors (Lipinski definition) is 3. The van der Waals surface area contributed by atoms with E-state index in [9.17, 15) is 4.79 Å². The molecule has 1 atom stereocenters. The van der Waals surface area contributed by atoms with Gasteiger partial charge < -0.3 is 5.11 Å². The van der Waals surface area contributed by atoms with E-state index in [1.807, 2.05) is 17.8 Å². The Labute approximate surface area is 112 Å². The van der Waals surface area contributed by atoms with Crippen LogP contribution < -0.4 is 0 Å². The quantitative estimate of drug-likeness (QED) is 0.911. The summed E-state index contributed by atoms with van der Waals surface area (Å²) in [6.07, 6.45) is 3.57. The Bertz CT molecular complexity index is 383. The second kappa shape index (κ2) is 5.10. The molecule has 1 aliphatic rings. The Hall–Kier alpha value is -0.000000000000000111. The molecule has 0 amide bonds. The van der Waals surface area contributed by atoms with E-state index in [1.165, 1.54) is 11.3 Å². The number of thiophene rings is 1. The molecule has 1 aromatic rings. The minimum absolute atomic E-state index is 0.180. The van der Waals surface area contributed by atoms with Crippen LogP contribution in [-0.2, 0) is 9.54 Å². The first-order valence-corrected chi connectivity index (χ1v) is 7.83. The minimum Gasteiger partial charge on any atom is -0.481 e. The average Bonchev–Trinajstić information content (AvgIpc) is 2.66.